The summed E-state index contributed by atoms with van der Waals surface area (Å²) in [6, 6.07) is 23.8. The van der Waals surface area contributed by atoms with Crippen molar-refractivity contribution in [1.82, 2.24) is 20.2 Å². The number of amides is 1. The summed E-state index contributed by atoms with van der Waals surface area (Å²) in [7, 11) is 0. The van der Waals surface area contributed by atoms with Crippen LogP contribution in [-0.4, -0.2) is 43.7 Å². The molecule has 0 radical (unpaired) electrons. The van der Waals surface area contributed by atoms with E-state index in [9.17, 15) is 14.7 Å². The van der Waals surface area contributed by atoms with Crippen molar-refractivity contribution in [1.29, 1.82) is 0 Å². The maximum atomic E-state index is 12.4. The van der Waals surface area contributed by atoms with E-state index in [0.29, 0.717) is 16.5 Å². The molecule has 1 heterocycles. The third kappa shape index (κ3) is 5.59. The molecule has 3 aromatic carbocycles. The summed E-state index contributed by atoms with van der Waals surface area (Å²) < 4.78 is 2.85. The van der Waals surface area contributed by atoms with Gasteiger partial charge >= 0.3 is 5.97 Å². The number of aromatic nitrogens is 3. The van der Waals surface area contributed by atoms with Gasteiger partial charge in [0.05, 0.1) is 17.5 Å². The Kier molecular flexibility index (Phi) is 7.51. The molecule has 0 saturated carbocycles. The minimum Gasteiger partial charge on any atom is -0.478 e. The number of thioether (sulfide) groups is 1. The average molecular weight is 536 g/mol. The van der Waals surface area contributed by atoms with E-state index in [1.54, 1.807) is 18.2 Å². The van der Waals surface area contributed by atoms with E-state index in [2.05, 4.69) is 36.7 Å². The van der Waals surface area contributed by atoms with Crippen LogP contribution >= 0.6 is 27.7 Å². The van der Waals surface area contributed by atoms with Gasteiger partial charge in [-0.3, -0.25) is 9.36 Å². The molecule has 0 atom stereocenters. The lowest BCUT2D eigenvalue weighted by atomic mass is 10.1. The first-order valence-electron chi connectivity index (χ1n) is 10.1. The van der Waals surface area contributed by atoms with Gasteiger partial charge in [-0.1, -0.05) is 76.2 Å². The highest BCUT2D eigenvalue weighted by Gasteiger charge is 2.17. The second kappa shape index (κ2) is 10.9. The van der Waals surface area contributed by atoms with Crippen LogP contribution in [0.1, 0.15) is 15.9 Å². The lowest BCUT2D eigenvalue weighted by molar-refractivity contribution is -0.118. The summed E-state index contributed by atoms with van der Waals surface area (Å²) in [4.78, 5) is 23.6. The lowest BCUT2D eigenvalue weighted by Gasteiger charge is -2.10. The van der Waals surface area contributed by atoms with E-state index in [1.807, 2.05) is 59.2 Å². The molecule has 0 aliphatic heterocycles. The number of carbonyl (C=O) groups excluding carboxylic acids is 1. The molecule has 1 amide bonds. The molecule has 4 rings (SSSR count). The number of hydrazone groups is 1. The SMILES string of the molecule is O=C(CSc1nnc(-c2ccc(Br)cc2)n1-c1ccccc1)NN=Cc1ccccc1C(=O)O. The number of carboxylic acids is 1. The lowest BCUT2D eigenvalue weighted by Crippen LogP contribution is -2.20. The molecule has 0 unspecified atom stereocenters. The molecule has 4 aromatic rings. The first-order chi connectivity index (χ1) is 16.5. The molecule has 2 N–H and O–H groups in total. The van der Waals surface area contributed by atoms with Crippen LogP contribution < -0.4 is 5.43 Å². The number of benzene rings is 3. The van der Waals surface area contributed by atoms with Gasteiger partial charge in [0.15, 0.2) is 11.0 Å². The van der Waals surface area contributed by atoms with Crippen molar-refractivity contribution in [3.8, 4) is 17.1 Å². The number of rotatable bonds is 8. The van der Waals surface area contributed by atoms with Crippen LogP contribution in [-0.2, 0) is 4.79 Å². The van der Waals surface area contributed by atoms with Crippen molar-refractivity contribution in [3.05, 3.63) is 94.5 Å². The van der Waals surface area contributed by atoms with Gasteiger partial charge in [0, 0.05) is 21.3 Å². The van der Waals surface area contributed by atoms with Gasteiger partial charge in [0.2, 0.25) is 0 Å². The fourth-order valence-corrected chi connectivity index (χ4v) is 4.11. The third-order valence-corrected chi connectivity index (χ3v) is 6.12. The molecule has 0 aliphatic rings. The Morgan fingerprint density at radius 2 is 1.71 bits per heavy atom. The maximum Gasteiger partial charge on any atom is 0.336 e. The average Bonchev–Trinajstić information content (AvgIpc) is 3.28. The molecule has 0 spiro atoms. The van der Waals surface area contributed by atoms with Crippen LogP contribution in [0, 0.1) is 0 Å². The van der Waals surface area contributed by atoms with E-state index in [-0.39, 0.29) is 17.2 Å². The highest BCUT2D eigenvalue weighted by molar-refractivity contribution is 9.10. The minimum atomic E-state index is -1.06. The van der Waals surface area contributed by atoms with Crippen molar-refractivity contribution in [2.75, 3.05) is 5.75 Å². The van der Waals surface area contributed by atoms with Crippen LogP contribution in [0.15, 0.2) is 93.6 Å². The Balaban J connectivity index is 1.49. The molecule has 0 saturated heterocycles. The van der Waals surface area contributed by atoms with Crippen LogP contribution in [0.4, 0.5) is 0 Å². The largest absolute Gasteiger partial charge is 0.478 e. The summed E-state index contributed by atoms with van der Waals surface area (Å²) in [5, 5.41) is 22.3. The van der Waals surface area contributed by atoms with Crippen LogP contribution in [0.3, 0.4) is 0 Å². The number of nitrogens with one attached hydrogen (secondary N) is 1. The van der Waals surface area contributed by atoms with Gasteiger partial charge in [-0.25, -0.2) is 10.2 Å². The molecule has 0 bridgehead atoms. The molecule has 8 nitrogen and oxygen atoms in total. The number of carboxylic acid groups (broad SMARTS) is 1. The number of nitrogens with zero attached hydrogens (tertiary/aromatic N) is 4. The van der Waals surface area contributed by atoms with Crippen LogP contribution in [0.5, 0.6) is 0 Å². The van der Waals surface area contributed by atoms with E-state index < -0.39 is 5.97 Å². The summed E-state index contributed by atoms with van der Waals surface area (Å²) in [6.45, 7) is 0. The van der Waals surface area contributed by atoms with Gasteiger partial charge in [-0.15, -0.1) is 10.2 Å². The minimum absolute atomic E-state index is 0.0449. The quantitative estimate of drug-likeness (QED) is 0.193. The van der Waals surface area contributed by atoms with Crippen molar-refractivity contribution in [2.45, 2.75) is 5.16 Å². The molecule has 0 aliphatic carbocycles. The Morgan fingerprint density at radius 1 is 1.00 bits per heavy atom. The number of halogens is 1. The van der Waals surface area contributed by atoms with Crippen molar-refractivity contribution in [2.24, 2.45) is 5.10 Å². The molecular weight excluding hydrogens is 518 g/mol. The van der Waals surface area contributed by atoms with Gasteiger partial charge in [-0.2, -0.15) is 5.10 Å². The van der Waals surface area contributed by atoms with Gasteiger partial charge < -0.3 is 5.11 Å². The number of aromatic carboxylic acids is 1. The van der Waals surface area contributed by atoms with Crippen LogP contribution in [0.25, 0.3) is 17.1 Å². The first-order valence-corrected chi connectivity index (χ1v) is 11.8. The summed E-state index contributed by atoms with van der Waals surface area (Å²) >= 11 is 4.66. The predicted octanol–water partition coefficient (Wildman–Crippen LogP) is 4.64. The fraction of sp³-hybridized carbons (Fsp3) is 0.0417. The Labute approximate surface area is 207 Å². The van der Waals surface area contributed by atoms with E-state index >= 15 is 0 Å². The van der Waals surface area contributed by atoms with Crippen molar-refractivity contribution in [3.63, 3.8) is 0 Å². The van der Waals surface area contributed by atoms with Crippen molar-refractivity contribution >= 4 is 45.8 Å². The smallest absolute Gasteiger partial charge is 0.336 e. The highest BCUT2D eigenvalue weighted by Crippen LogP contribution is 2.28. The standard InChI is InChI=1S/C24H18BrN5O3S/c25-18-12-10-16(11-13-18)22-28-29-24(30(22)19-7-2-1-3-8-19)34-15-21(31)27-26-14-17-6-4-5-9-20(17)23(32)33/h1-14H,15H2,(H,27,31)(H,32,33). The van der Waals surface area contributed by atoms with Crippen LogP contribution in [0.2, 0.25) is 0 Å². The van der Waals surface area contributed by atoms with Crippen molar-refractivity contribution < 1.29 is 14.7 Å². The maximum absolute atomic E-state index is 12.4. The summed E-state index contributed by atoms with van der Waals surface area (Å²) in [5.74, 6) is -0.721. The Bertz CT molecular complexity index is 1340. The zero-order valence-electron chi connectivity index (χ0n) is 17.6. The molecule has 34 heavy (non-hydrogen) atoms. The second-order valence-corrected chi connectivity index (χ2v) is 8.82. The summed E-state index contributed by atoms with van der Waals surface area (Å²) in [5.41, 5.74) is 4.68. The number of para-hydroxylation sites is 1. The van der Waals surface area contributed by atoms with E-state index in [0.717, 1.165) is 15.7 Å². The summed E-state index contributed by atoms with van der Waals surface area (Å²) in [6.07, 6.45) is 1.31. The molecule has 10 heteroatoms. The molecule has 170 valence electrons. The van der Waals surface area contributed by atoms with Gasteiger partial charge in [-0.05, 0) is 30.3 Å². The number of carbonyl (C=O) groups is 2. The van der Waals surface area contributed by atoms with Gasteiger partial charge in [0.1, 0.15) is 0 Å². The Hall–Kier alpha value is -3.76. The Morgan fingerprint density at radius 3 is 2.44 bits per heavy atom. The predicted molar refractivity (Wildman–Crippen MR) is 134 cm³/mol. The molecular formula is C24H18BrN5O3S. The number of hydrogen-bond donors (Lipinski definition) is 2. The monoisotopic (exact) mass is 535 g/mol. The third-order valence-electron chi connectivity index (χ3n) is 4.67. The van der Waals surface area contributed by atoms with Gasteiger partial charge in [0.25, 0.3) is 5.91 Å². The van der Waals surface area contributed by atoms with E-state index in [4.69, 9.17) is 0 Å². The topological polar surface area (TPSA) is 109 Å². The molecule has 1 aromatic heterocycles. The zero-order chi connectivity index (χ0) is 23.9. The fourth-order valence-electron chi connectivity index (χ4n) is 3.10. The number of hydrogen-bond acceptors (Lipinski definition) is 6. The first kappa shape index (κ1) is 23.4. The molecule has 0 fully saturated rings. The zero-order valence-corrected chi connectivity index (χ0v) is 20.0. The van der Waals surface area contributed by atoms with E-state index in [1.165, 1.54) is 24.0 Å². The normalized spacial score (nSPS) is 11.0. The second-order valence-electron chi connectivity index (χ2n) is 6.96. The highest BCUT2D eigenvalue weighted by atomic mass is 79.9.